The fourth-order valence-corrected chi connectivity index (χ4v) is 3.14. The van der Waals surface area contributed by atoms with E-state index in [2.05, 4.69) is 29.0 Å². The summed E-state index contributed by atoms with van der Waals surface area (Å²) in [6.07, 6.45) is 0. The molecular formula is C21H35N5O2. The largest absolute Gasteiger partial charge is 0.497 e. The van der Waals surface area contributed by atoms with Crippen LogP contribution in [0.4, 0.5) is 0 Å². The Bertz CT molecular complexity index is 635. The molecule has 1 aliphatic heterocycles. The molecule has 156 valence electrons. The van der Waals surface area contributed by atoms with Crippen LogP contribution in [-0.4, -0.2) is 87.0 Å². The first kappa shape index (κ1) is 22.0. The van der Waals surface area contributed by atoms with Gasteiger partial charge < -0.3 is 19.9 Å². The van der Waals surface area contributed by atoms with Crippen molar-refractivity contribution in [1.82, 2.24) is 20.0 Å². The SMILES string of the molecule is COc1ccc(CN=C(NCC(=O)N(C)C)N2CCN(CC(C)C)CC2)cc1. The van der Waals surface area contributed by atoms with E-state index in [0.29, 0.717) is 12.5 Å². The Morgan fingerprint density at radius 3 is 2.36 bits per heavy atom. The second-order valence-electron chi connectivity index (χ2n) is 7.81. The molecule has 7 nitrogen and oxygen atoms in total. The molecule has 1 amide bonds. The lowest BCUT2D eigenvalue weighted by Gasteiger charge is -2.37. The predicted molar refractivity (Wildman–Crippen MR) is 114 cm³/mol. The third-order valence-corrected chi connectivity index (χ3v) is 4.76. The minimum atomic E-state index is 0.0376. The Hall–Kier alpha value is -2.28. The molecule has 0 atom stereocenters. The van der Waals surface area contributed by atoms with Crippen LogP contribution >= 0.6 is 0 Å². The molecule has 0 unspecified atom stereocenters. The number of nitrogens with zero attached hydrogens (tertiary/aromatic N) is 4. The number of ether oxygens (including phenoxy) is 1. The van der Waals surface area contributed by atoms with Crippen molar-refractivity contribution < 1.29 is 9.53 Å². The van der Waals surface area contributed by atoms with Crippen LogP contribution in [0.2, 0.25) is 0 Å². The van der Waals surface area contributed by atoms with Gasteiger partial charge >= 0.3 is 0 Å². The molecule has 1 N–H and O–H groups in total. The quantitative estimate of drug-likeness (QED) is 0.566. The molecular weight excluding hydrogens is 354 g/mol. The molecule has 2 rings (SSSR count). The zero-order chi connectivity index (χ0) is 20.5. The number of carbonyl (C=O) groups excluding carboxylic acids is 1. The molecule has 0 bridgehead atoms. The first-order valence-corrected chi connectivity index (χ1v) is 9.97. The van der Waals surface area contributed by atoms with Crippen molar-refractivity contribution in [3.05, 3.63) is 29.8 Å². The average molecular weight is 390 g/mol. The monoisotopic (exact) mass is 389 g/mol. The summed E-state index contributed by atoms with van der Waals surface area (Å²) in [6, 6.07) is 7.92. The van der Waals surface area contributed by atoms with Crippen molar-refractivity contribution >= 4 is 11.9 Å². The molecule has 0 aliphatic carbocycles. The Morgan fingerprint density at radius 1 is 1.18 bits per heavy atom. The number of hydrogen-bond donors (Lipinski definition) is 1. The maximum Gasteiger partial charge on any atom is 0.241 e. The second-order valence-corrected chi connectivity index (χ2v) is 7.81. The van der Waals surface area contributed by atoms with E-state index < -0.39 is 0 Å². The van der Waals surface area contributed by atoms with Gasteiger partial charge in [-0.05, 0) is 23.6 Å². The molecule has 7 heteroatoms. The molecule has 1 fully saturated rings. The number of aliphatic imine (C=N–C) groups is 1. The number of nitrogens with one attached hydrogen (secondary N) is 1. The van der Waals surface area contributed by atoms with E-state index >= 15 is 0 Å². The van der Waals surface area contributed by atoms with Crippen molar-refractivity contribution in [2.24, 2.45) is 10.9 Å². The van der Waals surface area contributed by atoms with Crippen LogP contribution in [0.3, 0.4) is 0 Å². The zero-order valence-corrected chi connectivity index (χ0v) is 17.9. The maximum absolute atomic E-state index is 12.0. The zero-order valence-electron chi connectivity index (χ0n) is 17.9. The van der Waals surface area contributed by atoms with Crippen molar-refractivity contribution in [1.29, 1.82) is 0 Å². The Labute approximate surface area is 169 Å². The standard InChI is InChI=1S/C21H35N5O2/c1-17(2)16-25-10-12-26(13-11-25)21(23-15-20(27)24(3)4)22-14-18-6-8-19(28-5)9-7-18/h6-9,17H,10-16H2,1-5H3,(H,22,23). The van der Waals surface area contributed by atoms with Crippen molar-refractivity contribution in [3.8, 4) is 5.75 Å². The van der Waals surface area contributed by atoms with Crippen LogP contribution < -0.4 is 10.1 Å². The highest BCUT2D eigenvalue weighted by Crippen LogP contribution is 2.12. The van der Waals surface area contributed by atoms with E-state index in [1.165, 1.54) is 0 Å². The summed E-state index contributed by atoms with van der Waals surface area (Å²) < 4.78 is 5.21. The number of benzene rings is 1. The molecule has 1 aliphatic rings. The normalized spacial score (nSPS) is 15.6. The van der Waals surface area contributed by atoms with E-state index in [9.17, 15) is 4.79 Å². The molecule has 0 saturated carbocycles. The predicted octanol–water partition coefficient (Wildman–Crippen LogP) is 1.50. The van der Waals surface area contributed by atoms with Crippen LogP contribution in [0.5, 0.6) is 5.75 Å². The van der Waals surface area contributed by atoms with E-state index in [1.807, 2.05) is 24.3 Å². The van der Waals surface area contributed by atoms with E-state index in [-0.39, 0.29) is 12.5 Å². The van der Waals surface area contributed by atoms with Gasteiger partial charge in [-0.1, -0.05) is 26.0 Å². The van der Waals surface area contributed by atoms with E-state index in [0.717, 1.165) is 50.0 Å². The molecule has 1 aromatic carbocycles. The maximum atomic E-state index is 12.0. The van der Waals surface area contributed by atoms with Gasteiger partial charge in [0.2, 0.25) is 5.91 Å². The molecule has 0 radical (unpaired) electrons. The molecule has 28 heavy (non-hydrogen) atoms. The first-order valence-electron chi connectivity index (χ1n) is 9.97. The number of methoxy groups -OCH3 is 1. The third kappa shape index (κ3) is 7.03. The van der Waals surface area contributed by atoms with Gasteiger partial charge in [-0.3, -0.25) is 9.69 Å². The summed E-state index contributed by atoms with van der Waals surface area (Å²) in [5.41, 5.74) is 1.11. The average Bonchev–Trinajstić information content (AvgIpc) is 2.68. The summed E-state index contributed by atoms with van der Waals surface area (Å²) in [5.74, 6) is 2.35. The highest BCUT2D eigenvalue weighted by molar-refractivity contribution is 5.86. The smallest absolute Gasteiger partial charge is 0.241 e. The van der Waals surface area contributed by atoms with Gasteiger partial charge in [-0.2, -0.15) is 0 Å². The lowest BCUT2D eigenvalue weighted by atomic mass is 10.2. The van der Waals surface area contributed by atoms with Gasteiger partial charge in [-0.15, -0.1) is 0 Å². The number of likely N-dealkylation sites (N-methyl/N-ethyl adjacent to an activating group) is 1. The molecule has 0 aromatic heterocycles. The van der Waals surface area contributed by atoms with E-state index in [1.54, 1.807) is 26.1 Å². The number of piperazine rings is 1. The number of carbonyl (C=O) groups is 1. The molecule has 1 aromatic rings. The van der Waals surface area contributed by atoms with Gasteiger partial charge in [0.05, 0.1) is 20.2 Å². The Balaban J connectivity index is 2.02. The second kappa shape index (κ2) is 10.9. The third-order valence-electron chi connectivity index (χ3n) is 4.76. The van der Waals surface area contributed by atoms with Crippen molar-refractivity contribution in [2.75, 3.05) is 60.5 Å². The minimum Gasteiger partial charge on any atom is -0.497 e. The van der Waals surface area contributed by atoms with Crippen molar-refractivity contribution in [3.63, 3.8) is 0 Å². The fourth-order valence-electron chi connectivity index (χ4n) is 3.14. The van der Waals surface area contributed by atoms with Crippen LogP contribution in [0.1, 0.15) is 19.4 Å². The van der Waals surface area contributed by atoms with E-state index in [4.69, 9.17) is 9.73 Å². The summed E-state index contributed by atoms with van der Waals surface area (Å²) in [7, 11) is 5.20. The molecule has 0 spiro atoms. The number of amides is 1. The van der Waals surface area contributed by atoms with Gasteiger partial charge in [0.15, 0.2) is 5.96 Å². The van der Waals surface area contributed by atoms with Gasteiger partial charge in [0.1, 0.15) is 5.75 Å². The van der Waals surface area contributed by atoms with Gasteiger partial charge in [0, 0.05) is 46.8 Å². The van der Waals surface area contributed by atoms with Gasteiger partial charge in [-0.25, -0.2) is 4.99 Å². The number of guanidine groups is 1. The fraction of sp³-hybridized carbons (Fsp3) is 0.619. The van der Waals surface area contributed by atoms with Gasteiger partial charge in [0.25, 0.3) is 0 Å². The molecule has 1 heterocycles. The van der Waals surface area contributed by atoms with Crippen molar-refractivity contribution in [2.45, 2.75) is 20.4 Å². The lowest BCUT2D eigenvalue weighted by Crippen LogP contribution is -2.54. The van der Waals surface area contributed by atoms with Crippen LogP contribution in [0.15, 0.2) is 29.3 Å². The Morgan fingerprint density at radius 2 is 1.82 bits per heavy atom. The van der Waals surface area contributed by atoms with Crippen LogP contribution in [0.25, 0.3) is 0 Å². The first-order chi connectivity index (χ1) is 13.4. The van der Waals surface area contributed by atoms with Crippen LogP contribution in [0, 0.1) is 5.92 Å². The number of rotatable bonds is 7. The molecule has 1 saturated heterocycles. The Kier molecular flexibility index (Phi) is 8.57. The summed E-state index contributed by atoms with van der Waals surface area (Å²) in [4.78, 5) is 23.1. The highest BCUT2D eigenvalue weighted by atomic mass is 16.5. The highest BCUT2D eigenvalue weighted by Gasteiger charge is 2.20. The summed E-state index contributed by atoms with van der Waals surface area (Å²) in [6.45, 7) is 10.3. The topological polar surface area (TPSA) is 60.4 Å². The minimum absolute atomic E-state index is 0.0376. The summed E-state index contributed by atoms with van der Waals surface area (Å²) >= 11 is 0. The number of hydrogen-bond acceptors (Lipinski definition) is 4. The lowest BCUT2D eigenvalue weighted by molar-refractivity contribution is -0.127. The van der Waals surface area contributed by atoms with Crippen LogP contribution in [-0.2, 0) is 11.3 Å². The summed E-state index contributed by atoms with van der Waals surface area (Å²) in [5, 5.41) is 3.26.